The van der Waals surface area contributed by atoms with E-state index < -0.39 is 27.2 Å². The van der Waals surface area contributed by atoms with Crippen LogP contribution in [0, 0.1) is 5.82 Å². The molecule has 26 heavy (non-hydrogen) atoms. The fourth-order valence-electron chi connectivity index (χ4n) is 1.99. The fraction of sp³-hybridized carbons (Fsp3) is 0.235. The molecule has 0 spiro atoms. The van der Waals surface area contributed by atoms with E-state index in [9.17, 15) is 22.7 Å². The number of benzene rings is 2. The van der Waals surface area contributed by atoms with Crippen molar-refractivity contribution < 1.29 is 27.4 Å². The number of nitrogens with one attached hydrogen (secondary N) is 1. The number of carbonyl (C=O) groups is 1. The molecule has 0 bridgehead atoms. The molecule has 6 nitrogen and oxygen atoms in total. The summed E-state index contributed by atoms with van der Waals surface area (Å²) in [6.07, 6.45) is 1.04. The number of halogens is 2. The van der Waals surface area contributed by atoms with Crippen LogP contribution >= 0.6 is 11.6 Å². The second-order valence-corrected chi connectivity index (χ2v) is 8.59. The fourth-order valence-corrected chi connectivity index (χ4v) is 2.92. The number of hydrogen-bond donors (Lipinski definition) is 2. The topological polar surface area (TPSA) is 92.7 Å². The highest BCUT2D eigenvalue weighted by molar-refractivity contribution is 7.90. The van der Waals surface area contributed by atoms with Crippen molar-refractivity contribution in [3.8, 4) is 11.5 Å². The van der Waals surface area contributed by atoms with Gasteiger partial charge < -0.3 is 15.2 Å². The van der Waals surface area contributed by atoms with Crippen molar-refractivity contribution in [2.24, 2.45) is 0 Å². The average molecular weight is 402 g/mol. The summed E-state index contributed by atoms with van der Waals surface area (Å²) in [4.78, 5) is 11.3. The maximum atomic E-state index is 13.6. The summed E-state index contributed by atoms with van der Waals surface area (Å²) in [7, 11) is -3.44. The van der Waals surface area contributed by atoms with E-state index in [0.717, 1.165) is 18.4 Å². The lowest BCUT2D eigenvalue weighted by atomic mass is 10.1. The lowest BCUT2D eigenvalue weighted by Crippen LogP contribution is -2.40. The van der Waals surface area contributed by atoms with Gasteiger partial charge in [-0.3, -0.25) is 0 Å². The minimum Gasteiger partial charge on any atom is -0.480 e. The third kappa shape index (κ3) is 4.64. The molecule has 2 aromatic rings. The molecular weight excluding hydrogens is 385 g/mol. The van der Waals surface area contributed by atoms with Gasteiger partial charge in [0.1, 0.15) is 17.1 Å². The van der Waals surface area contributed by atoms with Gasteiger partial charge in [-0.1, -0.05) is 11.6 Å². The van der Waals surface area contributed by atoms with Gasteiger partial charge in [0.2, 0.25) is 0 Å². The summed E-state index contributed by atoms with van der Waals surface area (Å²) in [5.41, 5.74) is -1.10. The number of sulfone groups is 1. The predicted molar refractivity (Wildman–Crippen MR) is 96.4 cm³/mol. The van der Waals surface area contributed by atoms with Gasteiger partial charge in [0.25, 0.3) is 0 Å². The number of carboxylic acid groups (broad SMARTS) is 1. The standard InChI is InChI=1S/C17H17ClFNO5S/c1-17(2,16(21)22)20-13-6-4-10(19)8-15(13)25-14-7-5-11(9-12(14)18)26(3,23)24/h4-9,20H,1-3H3,(H,21,22). The zero-order chi connectivity index (χ0) is 19.7. The number of rotatable bonds is 6. The lowest BCUT2D eigenvalue weighted by Gasteiger charge is -2.24. The van der Waals surface area contributed by atoms with E-state index in [1.807, 2.05) is 0 Å². The Kier molecular flexibility index (Phi) is 5.48. The lowest BCUT2D eigenvalue weighted by molar-refractivity contribution is -0.141. The van der Waals surface area contributed by atoms with Crippen molar-refractivity contribution in [3.05, 3.63) is 47.2 Å². The first kappa shape index (κ1) is 20.0. The number of ether oxygens (including phenoxy) is 1. The van der Waals surface area contributed by atoms with Crippen LogP contribution in [-0.4, -0.2) is 31.3 Å². The smallest absolute Gasteiger partial charge is 0.328 e. The van der Waals surface area contributed by atoms with Crippen LogP contribution < -0.4 is 10.1 Å². The van der Waals surface area contributed by atoms with Crippen LogP contribution in [0.15, 0.2) is 41.3 Å². The van der Waals surface area contributed by atoms with Crippen LogP contribution in [0.1, 0.15) is 13.8 Å². The molecule has 0 aromatic heterocycles. The largest absolute Gasteiger partial charge is 0.480 e. The molecule has 140 valence electrons. The van der Waals surface area contributed by atoms with Crippen molar-refractivity contribution in [1.82, 2.24) is 0 Å². The van der Waals surface area contributed by atoms with Crippen molar-refractivity contribution in [3.63, 3.8) is 0 Å². The zero-order valence-corrected chi connectivity index (χ0v) is 15.8. The van der Waals surface area contributed by atoms with E-state index in [4.69, 9.17) is 16.3 Å². The summed E-state index contributed by atoms with van der Waals surface area (Å²) in [5.74, 6) is -1.60. The normalized spacial score (nSPS) is 11.9. The highest BCUT2D eigenvalue weighted by Gasteiger charge is 2.28. The number of aliphatic carboxylic acids is 1. The molecule has 0 unspecified atom stereocenters. The molecule has 0 aliphatic heterocycles. The van der Waals surface area contributed by atoms with Crippen LogP contribution in [0.2, 0.25) is 5.02 Å². The SMILES string of the molecule is CC(C)(Nc1ccc(F)cc1Oc1ccc(S(C)(=O)=O)cc1Cl)C(=O)O. The third-order valence-corrected chi connectivity index (χ3v) is 4.88. The molecule has 0 aliphatic rings. The molecule has 0 saturated carbocycles. The highest BCUT2D eigenvalue weighted by Crippen LogP contribution is 2.36. The van der Waals surface area contributed by atoms with E-state index in [1.54, 1.807) is 0 Å². The number of carboxylic acids is 1. The first-order chi connectivity index (χ1) is 11.9. The maximum absolute atomic E-state index is 13.6. The van der Waals surface area contributed by atoms with Crippen LogP contribution in [0.5, 0.6) is 11.5 Å². The molecule has 0 aliphatic carbocycles. The maximum Gasteiger partial charge on any atom is 0.328 e. The van der Waals surface area contributed by atoms with Gasteiger partial charge in [-0.05, 0) is 44.2 Å². The first-order valence-corrected chi connectivity index (χ1v) is 9.66. The molecule has 0 radical (unpaired) electrons. The predicted octanol–water partition coefficient (Wildman–Crippen LogP) is 3.95. The van der Waals surface area contributed by atoms with E-state index in [2.05, 4.69) is 5.32 Å². The summed E-state index contributed by atoms with van der Waals surface area (Å²) in [6.45, 7) is 2.88. The monoisotopic (exact) mass is 401 g/mol. The third-order valence-electron chi connectivity index (χ3n) is 3.48. The van der Waals surface area contributed by atoms with E-state index in [1.165, 1.54) is 38.1 Å². The van der Waals surface area contributed by atoms with Gasteiger partial charge in [-0.15, -0.1) is 0 Å². The molecule has 2 aromatic carbocycles. The quantitative estimate of drug-likeness (QED) is 0.761. The Morgan fingerprint density at radius 1 is 1.19 bits per heavy atom. The van der Waals surface area contributed by atoms with E-state index >= 15 is 0 Å². The van der Waals surface area contributed by atoms with Crippen LogP contribution in [-0.2, 0) is 14.6 Å². The Balaban J connectivity index is 2.41. The first-order valence-electron chi connectivity index (χ1n) is 7.39. The van der Waals surface area contributed by atoms with Gasteiger partial charge in [-0.25, -0.2) is 17.6 Å². The van der Waals surface area contributed by atoms with Gasteiger partial charge in [-0.2, -0.15) is 0 Å². The van der Waals surface area contributed by atoms with Crippen molar-refractivity contribution in [1.29, 1.82) is 0 Å². The Labute approximate surface area is 155 Å². The van der Waals surface area contributed by atoms with E-state index in [0.29, 0.717) is 0 Å². The Bertz CT molecular complexity index is 960. The highest BCUT2D eigenvalue weighted by atomic mass is 35.5. The number of anilines is 1. The zero-order valence-electron chi connectivity index (χ0n) is 14.2. The minimum absolute atomic E-state index is 0.00771. The van der Waals surface area contributed by atoms with Crippen LogP contribution in [0.25, 0.3) is 0 Å². The van der Waals surface area contributed by atoms with Gasteiger partial charge >= 0.3 is 5.97 Å². The van der Waals surface area contributed by atoms with Gasteiger partial charge in [0.15, 0.2) is 15.6 Å². The summed E-state index contributed by atoms with van der Waals surface area (Å²) in [6, 6.07) is 7.44. The molecule has 9 heteroatoms. The van der Waals surface area contributed by atoms with Crippen LogP contribution in [0.3, 0.4) is 0 Å². The second-order valence-electron chi connectivity index (χ2n) is 6.16. The van der Waals surface area contributed by atoms with Crippen molar-refractivity contribution >= 4 is 33.1 Å². The minimum atomic E-state index is -3.44. The summed E-state index contributed by atoms with van der Waals surface area (Å²) in [5, 5.41) is 12.0. The molecule has 2 N–H and O–H groups in total. The Hall–Kier alpha value is -2.32. The molecule has 2 rings (SSSR count). The molecule has 0 amide bonds. The van der Waals surface area contributed by atoms with Gasteiger partial charge in [0, 0.05) is 12.3 Å². The van der Waals surface area contributed by atoms with E-state index in [-0.39, 0.29) is 27.1 Å². The number of hydrogen-bond acceptors (Lipinski definition) is 5. The summed E-state index contributed by atoms with van der Waals surface area (Å²) < 4.78 is 42.3. The second kappa shape index (κ2) is 7.13. The van der Waals surface area contributed by atoms with Crippen molar-refractivity contribution in [2.45, 2.75) is 24.3 Å². The molecule has 0 fully saturated rings. The Morgan fingerprint density at radius 3 is 2.38 bits per heavy atom. The molecule has 0 saturated heterocycles. The van der Waals surface area contributed by atoms with Gasteiger partial charge in [0.05, 0.1) is 15.6 Å². The molecule has 0 heterocycles. The van der Waals surface area contributed by atoms with Crippen LogP contribution in [0.4, 0.5) is 10.1 Å². The average Bonchev–Trinajstić information content (AvgIpc) is 2.50. The molecule has 0 atom stereocenters. The van der Waals surface area contributed by atoms with Crippen molar-refractivity contribution in [2.75, 3.05) is 11.6 Å². The molecular formula is C17H17ClFNO5S. The Morgan fingerprint density at radius 2 is 1.85 bits per heavy atom. The summed E-state index contributed by atoms with van der Waals surface area (Å²) >= 11 is 6.06.